The Morgan fingerprint density at radius 1 is 1.30 bits per heavy atom. The molecule has 0 saturated carbocycles. The van der Waals surface area contributed by atoms with Crippen LogP contribution in [0.2, 0.25) is 0 Å². The first-order valence-electron chi connectivity index (χ1n) is 7.19. The number of nitrogens with one attached hydrogen (secondary N) is 1. The largest absolute Gasteiger partial charge is 0.369 e. The Morgan fingerprint density at radius 3 is 2.70 bits per heavy atom. The lowest BCUT2D eigenvalue weighted by molar-refractivity contribution is -0.116. The average Bonchev–Trinajstić information content (AvgIpc) is 2.83. The van der Waals surface area contributed by atoms with Gasteiger partial charge in [-0.15, -0.1) is 11.8 Å². The Bertz CT molecular complexity index is 693. The summed E-state index contributed by atoms with van der Waals surface area (Å²) >= 11 is 1.30. The number of anilines is 1. The molecule has 0 atom stereocenters. The lowest BCUT2D eigenvalue weighted by Crippen LogP contribution is -2.15. The molecule has 7 heteroatoms. The molecule has 2 aromatic rings. The molecule has 1 aromatic heterocycles. The highest BCUT2D eigenvalue weighted by atomic mass is 32.2. The number of aromatic nitrogens is 1. The van der Waals surface area contributed by atoms with Crippen molar-refractivity contribution in [2.24, 2.45) is 5.73 Å². The van der Waals surface area contributed by atoms with Gasteiger partial charge in [-0.05, 0) is 32.4 Å². The predicted octanol–water partition coefficient (Wildman–Crippen LogP) is 2.44. The van der Waals surface area contributed by atoms with Crippen molar-refractivity contribution in [3.8, 4) is 0 Å². The number of para-hydroxylation sites is 1. The van der Waals surface area contributed by atoms with Crippen LogP contribution in [0.25, 0.3) is 0 Å². The molecule has 0 aliphatic carbocycles. The molecule has 23 heavy (non-hydrogen) atoms. The maximum Gasteiger partial charge on any atom is 0.227 e. The van der Waals surface area contributed by atoms with Gasteiger partial charge in [0.15, 0.2) is 0 Å². The van der Waals surface area contributed by atoms with Gasteiger partial charge in [0.25, 0.3) is 0 Å². The molecule has 122 valence electrons. The second-order valence-electron chi connectivity index (χ2n) is 5.10. The first-order valence-corrected chi connectivity index (χ1v) is 8.17. The van der Waals surface area contributed by atoms with Gasteiger partial charge in [0, 0.05) is 16.9 Å². The Kier molecular flexibility index (Phi) is 5.81. The van der Waals surface area contributed by atoms with Crippen molar-refractivity contribution >= 4 is 29.3 Å². The van der Waals surface area contributed by atoms with Crippen molar-refractivity contribution in [3.63, 3.8) is 0 Å². The van der Waals surface area contributed by atoms with Gasteiger partial charge in [-0.25, -0.2) is 0 Å². The quantitative estimate of drug-likeness (QED) is 0.758. The number of benzene rings is 1. The summed E-state index contributed by atoms with van der Waals surface area (Å²) in [6.07, 6.45) is 0.904. The van der Waals surface area contributed by atoms with Crippen LogP contribution < -0.4 is 11.1 Å². The summed E-state index contributed by atoms with van der Waals surface area (Å²) in [6.45, 7) is 3.70. The van der Waals surface area contributed by atoms with Crippen LogP contribution in [0.4, 0.5) is 5.69 Å². The molecular formula is C16H19N3O3S. The summed E-state index contributed by atoms with van der Waals surface area (Å²) in [5.41, 5.74) is 7.62. The number of hydrogen-bond acceptors (Lipinski definition) is 5. The Balaban J connectivity index is 1.96. The molecule has 0 aliphatic heterocycles. The Hall–Kier alpha value is -2.28. The molecule has 2 rings (SSSR count). The third-order valence-corrected chi connectivity index (χ3v) is 4.41. The second kappa shape index (κ2) is 7.82. The number of aryl methyl sites for hydroxylation is 2. The van der Waals surface area contributed by atoms with Crippen LogP contribution in [0.3, 0.4) is 0 Å². The minimum absolute atomic E-state index is 0.0999. The molecule has 1 heterocycles. The molecule has 0 fully saturated rings. The zero-order valence-corrected chi connectivity index (χ0v) is 13.9. The lowest BCUT2D eigenvalue weighted by atomic mass is 10.1. The number of carbonyl (C=O) groups is 2. The minimum atomic E-state index is -0.394. The van der Waals surface area contributed by atoms with Gasteiger partial charge in [0.1, 0.15) is 5.76 Å². The summed E-state index contributed by atoms with van der Waals surface area (Å²) < 4.78 is 5.09. The summed E-state index contributed by atoms with van der Waals surface area (Å²) in [4.78, 5) is 23.9. The molecule has 6 nitrogen and oxygen atoms in total. The highest BCUT2D eigenvalue weighted by Gasteiger charge is 2.12. The molecular weight excluding hydrogens is 314 g/mol. The molecule has 0 spiro atoms. The SMILES string of the molecule is Cc1noc(C)c1CCC(=O)Nc1ccccc1SCC(N)=O. The van der Waals surface area contributed by atoms with Crippen LogP contribution in [0.5, 0.6) is 0 Å². The summed E-state index contributed by atoms with van der Waals surface area (Å²) in [6, 6.07) is 7.33. The highest BCUT2D eigenvalue weighted by molar-refractivity contribution is 8.00. The molecule has 3 N–H and O–H groups in total. The summed E-state index contributed by atoms with van der Waals surface area (Å²) in [5.74, 6) is 0.422. The maximum absolute atomic E-state index is 12.2. The van der Waals surface area contributed by atoms with E-state index in [1.807, 2.05) is 32.0 Å². The van der Waals surface area contributed by atoms with E-state index in [0.717, 1.165) is 21.9 Å². The van der Waals surface area contributed by atoms with Crippen molar-refractivity contribution < 1.29 is 14.1 Å². The van der Waals surface area contributed by atoms with Crippen molar-refractivity contribution in [1.82, 2.24) is 5.16 Å². The first-order chi connectivity index (χ1) is 11.0. The average molecular weight is 333 g/mol. The third kappa shape index (κ3) is 4.85. The second-order valence-corrected chi connectivity index (χ2v) is 6.12. The number of carbonyl (C=O) groups excluding carboxylic acids is 2. The van der Waals surface area contributed by atoms with Gasteiger partial charge in [0.05, 0.1) is 17.1 Å². The van der Waals surface area contributed by atoms with E-state index in [4.69, 9.17) is 10.3 Å². The van der Waals surface area contributed by atoms with Crippen molar-refractivity contribution in [2.45, 2.75) is 31.6 Å². The number of rotatable bonds is 7. The molecule has 1 aromatic carbocycles. The van der Waals surface area contributed by atoms with E-state index in [1.54, 1.807) is 6.07 Å². The number of primary amides is 1. The van der Waals surface area contributed by atoms with Crippen LogP contribution in [-0.4, -0.2) is 22.7 Å². The zero-order chi connectivity index (χ0) is 16.8. The van der Waals surface area contributed by atoms with Gasteiger partial charge < -0.3 is 15.6 Å². The van der Waals surface area contributed by atoms with Gasteiger partial charge in [0.2, 0.25) is 11.8 Å². The van der Waals surface area contributed by atoms with E-state index in [1.165, 1.54) is 11.8 Å². The predicted molar refractivity (Wildman–Crippen MR) is 89.3 cm³/mol. The van der Waals surface area contributed by atoms with E-state index >= 15 is 0 Å². The van der Waals surface area contributed by atoms with Crippen molar-refractivity contribution in [3.05, 3.63) is 41.3 Å². The van der Waals surface area contributed by atoms with Gasteiger partial charge in [-0.2, -0.15) is 0 Å². The lowest BCUT2D eigenvalue weighted by Gasteiger charge is -2.10. The number of amides is 2. The van der Waals surface area contributed by atoms with Crippen molar-refractivity contribution in [1.29, 1.82) is 0 Å². The van der Waals surface area contributed by atoms with Crippen LogP contribution in [-0.2, 0) is 16.0 Å². The number of nitrogens with zero attached hydrogens (tertiary/aromatic N) is 1. The third-order valence-electron chi connectivity index (χ3n) is 3.31. The number of hydrogen-bond donors (Lipinski definition) is 2. The fraction of sp³-hybridized carbons (Fsp3) is 0.312. The monoisotopic (exact) mass is 333 g/mol. The first kappa shape index (κ1) is 17.1. The van der Waals surface area contributed by atoms with Crippen LogP contribution >= 0.6 is 11.8 Å². The standard InChI is InChI=1S/C16H19N3O3S/c1-10-12(11(2)22-19-10)7-8-16(21)18-13-5-3-4-6-14(13)23-9-15(17)20/h3-6H,7-9H2,1-2H3,(H2,17,20)(H,18,21). The van der Waals surface area contributed by atoms with Gasteiger partial charge >= 0.3 is 0 Å². The summed E-state index contributed by atoms with van der Waals surface area (Å²) in [5, 5.41) is 6.75. The number of nitrogens with two attached hydrogens (primary N) is 1. The van der Waals surface area contributed by atoms with Crippen molar-refractivity contribution in [2.75, 3.05) is 11.1 Å². The molecule has 0 saturated heterocycles. The number of thioether (sulfide) groups is 1. The molecule has 2 amide bonds. The Labute approximate surface area is 138 Å². The van der Waals surface area contributed by atoms with Crippen LogP contribution in [0.1, 0.15) is 23.4 Å². The Morgan fingerprint density at radius 2 is 2.04 bits per heavy atom. The fourth-order valence-electron chi connectivity index (χ4n) is 2.15. The summed E-state index contributed by atoms with van der Waals surface area (Å²) in [7, 11) is 0. The van der Waals surface area contributed by atoms with E-state index in [0.29, 0.717) is 18.5 Å². The minimum Gasteiger partial charge on any atom is -0.369 e. The van der Waals surface area contributed by atoms with Crippen LogP contribution in [0.15, 0.2) is 33.7 Å². The van der Waals surface area contributed by atoms with Gasteiger partial charge in [-0.3, -0.25) is 9.59 Å². The van der Waals surface area contributed by atoms with Gasteiger partial charge in [-0.1, -0.05) is 17.3 Å². The fourth-order valence-corrected chi connectivity index (χ4v) is 2.90. The van der Waals surface area contributed by atoms with E-state index < -0.39 is 5.91 Å². The molecule has 0 radical (unpaired) electrons. The highest BCUT2D eigenvalue weighted by Crippen LogP contribution is 2.27. The normalized spacial score (nSPS) is 10.5. The van der Waals surface area contributed by atoms with E-state index in [2.05, 4.69) is 10.5 Å². The van der Waals surface area contributed by atoms with Crippen LogP contribution in [0, 0.1) is 13.8 Å². The molecule has 0 unspecified atom stereocenters. The topological polar surface area (TPSA) is 98.2 Å². The smallest absolute Gasteiger partial charge is 0.227 e. The van der Waals surface area contributed by atoms with E-state index in [9.17, 15) is 9.59 Å². The molecule has 0 bridgehead atoms. The molecule has 0 aliphatic rings. The zero-order valence-electron chi connectivity index (χ0n) is 13.1. The van der Waals surface area contributed by atoms with E-state index in [-0.39, 0.29) is 11.7 Å². The maximum atomic E-state index is 12.2.